The number of carbonyl (C=O) groups is 1. The van der Waals surface area contributed by atoms with E-state index in [9.17, 15) is 9.18 Å². The summed E-state index contributed by atoms with van der Waals surface area (Å²) in [7, 11) is 1.97. The van der Waals surface area contributed by atoms with Gasteiger partial charge in [0.05, 0.1) is 6.54 Å². The molecule has 1 saturated heterocycles. The molecule has 1 heterocycles. The number of aryl methyl sites for hydroxylation is 1. The van der Waals surface area contributed by atoms with Crippen LogP contribution in [0.5, 0.6) is 0 Å². The van der Waals surface area contributed by atoms with E-state index in [0.29, 0.717) is 6.54 Å². The van der Waals surface area contributed by atoms with Crippen molar-refractivity contribution in [3.63, 3.8) is 0 Å². The first-order chi connectivity index (χ1) is 12.0. The topological polar surface area (TPSA) is 23.6 Å². The van der Waals surface area contributed by atoms with E-state index >= 15 is 0 Å². The van der Waals surface area contributed by atoms with Crippen molar-refractivity contribution in [3.8, 4) is 0 Å². The Morgan fingerprint density at radius 2 is 1.88 bits per heavy atom. The van der Waals surface area contributed by atoms with Crippen LogP contribution in [0.2, 0.25) is 0 Å². The molecule has 25 heavy (non-hydrogen) atoms. The Morgan fingerprint density at radius 1 is 1.20 bits per heavy atom. The van der Waals surface area contributed by atoms with Crippen molar-refractivity contribution in [1.29, 1.82) is 0 Å². The van der Waals surface area contributed by atoms with Crippen molar-refractivity contribution < 1.29 is 9.18 Å². The lowest BCUT2D eigenvalue weighted by atomic mass is 10.1. The van der Waals surface area contributed by atoms with E-state index in [1.165, 1.54) is 23.3 Å². The van der Waals surface area contributed by atoms with Crippen LogP contribution < -0.4 is 0 Å². The van der Waals surface area contributed by atoms with Crippen molar-refractivity contribution in [2.24, 2.45) is 0 Å². The molecule has 0 saturated carbocycles. The molecule has 0 N–H and O–H groups in total. The summed E-state index contributed by atoms with van der Waals surface area (Å²) >= 11 is 1.73. The van der Waals surface area contributed by atoms with Crippen molar-refractivity contribution in [1.82, 2.24) is 9.80 Å². The lowest BCUT2D eigenvalue weighted by molar-refractivity contribution is -0.132. The third kappa shape index (κ3) is 4.61. The van der Waals surface area contributed by atoms with Crippen LogP contribution in [-0.4, -0.2) is 41.6 Å². The lowest BCUT2D eigenvalue weighted by Crippen LogP contribution is -2.38. The second kappa shape index (κ2) is 8.02. The zero-order valence-corrected chi connectivity index (χ0v) is 15.4. The monoisotopic (exact) mass is 358 g/mol. The summed E-state index contributed by atoms with van der Waals surface area (Å²) < 4.78 is 13.1. The molecule has 3 rings (SSSR count). The van der Waals surface area contributed by atoms with E-state index in [4.69, 9.17) is 0 Å². The number of amides is 1. The summed E-state index contributed by atoms with van der Waals surface area (Å²) in [6, 6.07) is 14.8. The molecule has 132 valence electrons. The van der Waals surface area contributed by atoms with E-state index in [0.717, 1.165) is 24.4 Å². The molecule has 0 aromatic heterocycles. The molecule has 0 spiro atoms. The third-order valence-corrected chi connectivity index (χ3v) is 5.61. The molecule has 1 aliphatic heterocycles. The Kier molecular flexibility index (Phi) is 5.76. The van der Waals surface area contributed by atoms with Crippen LogP contribution in [0.1, 0.15) is 22.1 Å². The van der Waals surface area contributed by atoms with Gasteiger partial charge in [-0.1, -0.05) is 42.0 Å². The van der Waals surface area contributed by atoms with Crippen LogP contribution in [0.15, 0.2) is 48.5 Å². The zero-order valence-electron chi connectivity index (χ0n) is 14.6. The summed E-state index contributed by atoms with van der Waals surface area (Å²) in [6.45, 7) is 3.93. The van der Waals surface area contributed by atoms with Crippen LogP contribution in [0.4, 0.5) is 4.39 Å². The smallest absolute Gasteiger partial charge is 0.237 e. The number of benzene rings is 2. The van der Waals surface area contributed by atoms with Crippen molar-refractivity contribution in [2.45, 2.75) is 18.8 Å². The maximum absolute atomic E-state index is 13.1. The van der Waals surface area contributed by atoms with Gasteiger partial charge in [-0.3, -0.25) is 9.69 Å². The standard InChI is InChI=1S/C20H23FN2OS/c1-15-3-5-16(6-4-15)13-22(2)14-19(24)23-11-12-25-20(23)17-7-9-18(21)10-8-17/h3-10,20H,11-14H2,1-2H3. The maximum atomic E-state index is 13.1. The van der Waals surface area contributed by atoms with Gasteiger partial charge in [0.2, 0.25) is 5.91 Å². The minimum Gasteiger partial charge on any atom is -0.325 e. The van der Waals surface area contributed by atoms with Gasteiger partial charge >= 0.3 is 0 Å². The Bertz CT molecular complexity index is 717. The van der Waals surface area contributed by atoms with Gasteiger partial charge in [0.25, 0.3) is 0 Å². The van der Waals surface area contributed by atoms with Gasteiger partial charge in [0.15, 0.2) is 0 Å². The first kappa shape index (κ1) is 18.0. The predicted molar refractivity (Wildman–Crippen MR) is 101 cm³/mol. The third-order valence-electron chi connectivity index (χ3n) is 4.34. The fourth-order valence-corrected chi connectivity index (χ4v) is 4.29. The summed E-state index contributed by atoms with van der Waals surface area (Å²) in [5.41, 5.74) is 3.42. The molecule has 1 amide bonds. The molecule has 1 fully saturated rings. The molecule has 1 unspecified atom stereocenters. The summed E-state index contributed by atoms with van der Waals surface area (Å²) in [6.07, 6.45) is 0. The van der Waals surface area contributed by atoms with Crippen molar-refractivity contribution in [2.75, 3.05) is 25.9 Å². The lowest BCUT2D eigenvalue weighted by Gasteiger charge is -2.26. The Balaban J connectivity index is 1.61. The van der Waals surface area contributed by atoms with Gasteiger partial charge in [0, 0.05) is 18.8 Å². The van der Waals surface area contributed by atoms with Crippen molar-refractivity contribution in [3.05, 3.63) is 71.0 Å². The van der Waals surface area contributed by atoms with Crippen LogP contribution in [0.3, 0.4) is 0 Å². The summed E-state index contributed by atoms with van der Waals surface area (Å²) in [4.78, 5) is 16.7. The highest BCUT2D eigenvalue weighted by Gasteiger charge is 2.30. The number of rotatable bonds is 5. The predicted octanol–water partition coefficient (Wildman–Crippen LogP) is 3.84. The number of thioether (sulfide) groups is 1. The van der Waals surface area contributed by atoms with Gasteiger partial charge in [0.1, 0.15) is 11.2 Å². The van der Waals surface area contributed by atoms with E-state index in [1.54, 1.807) is 23.9 Å². The van der Waals surface area contributed by atoms with E-state index < -0.39 is 0 Å². The number of halogens is 1. The highest BCUT2D eigenvalue weighted by Crippen LogP contribution is 2.37. The molecule has 0 radical (unpaired) electrons. The Labute approximate surface area is 152 Å². The van der Waals surface area contributed by atoms with Crippen LogP contribution in [-0.2, 0) is 11.3 Å². The largest absolute Gasteiger partial charge is 0.325 e. The highest BCUT2D eigenvalue weighted by molar-refractivity contribution is 7.99. The number of hydrogen-bond donors (Lipinski definition) is 0. The zero-order chi connectivity index (χ0) is 17.8. The number of carbonyl (C=O) groups excluding carboxylic acids is 1. The summed E-state index contributed by atoms with van der Waals surface area (Å²) in [5, 5.41) is -0.0131. The number of likely N-dealkylation sites (N-methyl/N-ethyl adjacent to an activating group) is 1. The molecule has 1 atom stereocenters. The fraction of sp³-hybridized carbons (Fsp3) is 0.350. The molecular formula is C20H23FN2OS. The van der Waals surface area contributed by atoms with E-state index in [-0.39, 0.29) is 17.1 Å². The molecule has 0 bridgehead atoms. The molecule has 2 aromatic rings. The van der Waals surface area contributed by atoms with E-state index in [2.05, 4.69) is 31.2 Å². The second-order valence-corrected chi connectivity index (χ2v) is 7.71. The Morgan fingerprint density at radius 3 is 2.56 bits per heavy atom. The molecule has 1 aliphatic rings. The summed E-state index contributed by atoms with van der Waals surface area (Å²) in [5.74, 6) is 0.784. The average Bonchev–Trinajstić information content (AvgIpc) is 3.07. The van der Waals surface area contributed by atoms with Gasteiger partial charge < -0.3 is 4.90 Å². The van der Waals surface area contributed by atoms with Crippen molar-refractivity contribution >= 4 is 17.7 Å². The normalized spacial score (nSPS) is 17.3. The fourth-order valence-electron chi connectivity index (χ4n) is 3.01. The molecule has 0 aliphatic carbocycles. The van der Waals surface area contributed by atoms with Crippen LogP contribution >= 0.6 is 11.8 Å². The van der Waals surface area contributed by atoms with Gasteiger partial charge in [-0.25, -0.2) is 4.39 Å². The molecule has 2 aromatic carbocycles. The second-order valence-electron chi connectivity index (χ2n) is 6.52. The number of hydrogen-bond acceptors (Lipinski definition) is 3. The van der Waals surface area contributed by atoms with E-state index in [1.807, 2.05) is 16.8 Å². The minimum absolute atomic E-state index is 0.0131. The number of nitrogens with zero attached hydrogens (tertiary/aromatic N) is 2. The quantitative estimate of drug-likeness (QED) is 0.811. The van der Waals surface area contributed by atoms with Gasteiger partial charge in [-0.2, -0.15) is 0 Å². The SMILES string of the molecule is Cc1ccc(CN(C)CC(=O)N2CCSC2c2ccc(F)cc2)cc1. The molecule has 5 heteroatoms. The first-order valence-corrected chi connectivity index (χ1v) is 9.48. The Hall–Kier alpha value is -1.85. The first-order valence-electron chi connectivity index (χ1n) is 8.43. The van der Waals surface area contributed by atoms with Crippen LogP contribution in [0, 0.1) is 12.7 Å². The minimum atomic E-state index is -0.248. The highest BCUT2D eigenvalue weighted by atomic mass is 32.2. The van der Waals surface area contributed by atoms with Crippen LogP contribution in [0.25, 0.3) is 0 Å². The van der Waals surface area contributed by atoms with Gasteiger partial charge in [-0.05, 0) is 37.2 Å². The molecular weight excluding hydrogens is 335 g/mol. The molecule has 3 nitrogen and oxygen atoms in total. The van der Waals surface area contributed by atoms with Gasteiger partial charge in [-0.15, -0.1) is 11.8 Å². The average molecular weight is 358 g/mol. The maximum Gasteiger partial charge on any atom is 0.237 e.